The molecule has 0 radical (unpaired) electrons. The van der Waals surface area contributed by atoms with Gasteiger partial charge in [0.15, 0.2) is 0 Å². The van der Waals surface area contributed by atoms with Gasteiger partial charge in [-0.3, -0.25) is 4.31 Å². The number of carboxylic acid groups (broad SMARTS) is 1. The number of anilines is 2. The average Bonchev–Trinajstić information content (AvgIpc) is 2.94. The number of hydrogen-bond donors (Lipinski definition) is 1. The summed E-state index contributed by atoms with van der Waals surface area (Å²) >= 11 is 0. The fraction of sp³-hybridized carbons (Fsp3) is 0.321. The molecule has 1 fully saturated rings. The van der Waals surface area contributed by atoms with Gasteiger partial charge < -0.3 is 19.5 Å². The number of benzene rings is 3. The summed E-state index contributed by atoms with van der Waals surface area (Å²) in [5.41, 5.74) is -0.339. The van der Waals surface area contributed by atoms with Crippen molar-refractivity contribution in [1.29, 1.82) is 0 Å². The second kappa shape index (κ2) is 11.6. The molecule has 43 heavy (non-hydrogen) atoms. The van der Waals surface area contributed by atoms with E-state index in [0.29, 0.717) is 24.7 Å². The first-order valence-corrected chi connectivity index (χ1v) is 14.4. The highest BCUT2D eigenvalue weighted by Gasteiger charge is 2.41. The third kappa shape index (κ3) is 6.51. The summed E-state index contributed by atoms with van der Waals surface area (Å²) in [6, 6.07) is 10.2. The van der Waals surface area contributed by atoms with Crippen molar-refractivity contribution >= 4 is 27.4 Å². The van der Waals surface area contributed by atoms with Gasteiger partial charge >= 0.3 is 18.8 Å². The SMILES string of the molecule is O=C(O)COC1CCN2c3ccc(-c4cc(F)cc(OC(F)F)c4)cc3N(S(=O)(=O)c3cccc(C(F)(F)F)c3)C[C@@H]2C1. The maximum atomic E-state index is 14.3. The van der Waals surface area contributed by atoms with E-state index in [2.05, 4.69) is 4.74 Å². The van der Waals surface area contributed by atoms with Crippen molar-refractivity contribution in [1.82, 2.24) is 0 Å². The van der Waals surface area contributed by atoms with Crippen molar-refractivity contribution in [3.8, 4) is 16.9 Å². The zero-order valence-electron chi connectivity index (χ0n) is 22.1. The number of piperidine rings is 1. The van der Waals surface area contributed by atoms with Crippen LogP contribution >= 0.6 is 0 Å². The van der Waals surface area contributed by atoms with E-state index in [9.17, 15) is 39.6 Å². The Balaban J connectivity index is 1.60. The van der Waals surface area contributed by atoms with Gasteiger partial charge in [-0.1, -0.05) is 12.1 Å². The molecule has 1 unspecified atom stereocenters. The lowest BCUT2D eigenvalue weighted by Crippen LogP contribution is -2.55. The number of sulfonamides is 1. The number of carbonyl (C=O) groups is 1. The van der Waals surface area contributed by atoms with Crippen molar-refractivity contribution in [2.24, 2.45) is 0 Å². The molecule has 0 bridgehead atoms. The lowest BCUT2D eigenvalue weighted by atomic mass is 9.94. The first-order chi connectivity index (χ1) is 20.2. The lowest BCUT2D eigenvalue weighted by Gasteiger charge is -2.48. The number of halogens is 6. The van der Waals surface area contributed by atoms with Gasteiger partial charge in [0.1, 0.15) is 18.2 Å². The summed E-state index contributed by atoms with van der Waals surface area (Å²) in [4.78, 5) is 12.3. The maximum absolute atomic E-state index is 14.3. The first-order valence-electron chi connectivity index (χ1n) is 12.9. The van der Waals surface area contributed by atoms with Crippen LogP contribution in [0, 0.1) is 5.82 Å². The van der Waals surface area contributed by atoms with Crippen LogP contribution in [0.4, 0.5) is 37.7 Å². The molecule has 2 atom stereocenters. The topological polar surface area (TPSA) is 96.4 Å². The van der Waals surface area contributed by atoms with E-state index < -0.39 is 69.6 Å². The smallest absolute Gasteiger partial charge is 0.416 e. The van der Waals surface area contributed by atoms with Crippen LogP contribution in [0.15, 0.2) is 65.6 Å². The van der Waals surface area contributed by atoms with Gasteiger partial charge in [0.2, 0.25) is 0 Å². The summed E-state index contributed by atoms with van der Waals surface area (Å²) in [7, 11) is -4.61. The highest BCUT2D eigenvalue weighted by molar-refractivity contribution is 7.92. The van der Waals surface area contributed by atoms with E-state index in [1.807, 2.05) is 4.90 Å². The quantitative estimate of drug-likeness (QED) is 0.316. The number of aliphatic carboxylic acids is 1. The molecular weight excluding hydrogens is 606 g/mol. The second-order valence-corrected chi connectivity index (χ2v) is 11.9. The van der Waals surface area contributed by atoms with Crippen LogP contribution in [0.5, 0.6) is 5.75 Å². The van der Waals surface area contributed by atoms with Crippen molar-refractivity contribution in [2.75, 3.05) is 28.9 Å². The van der Waals surface area contributed by atoms with Crippen LogP contribution in [-0.4, -0.2) is 57.9 Å². The van der Waals surface area contributed by atoms with Gasteiger partial charge in [0.05, 0.1) is 40.5 Å². The van der Waals surface area contributed by atoms with Gasteiger partial charge in [-0.2, -0.15) is 22.0 Å². The molecule has 0 spiro atoms. The molecule has 2 heterocycles. The lowest BCUT2D eigenvalue weighted by molar-refractivity contribution is -0.145. The normalized spacial score (nSPS) is 18.8. The molecule has 8 nitrogen and oxygen atoms in total. The molecule has 0 aliphatic carbocycles. The van der Waals surface area contributed by atoms with Crippen molar-refractivity contribution in [2.45, 2.75) is 42.7 Å². The second-order valence-electron chi connectivity index (χ2n) is 10.0. The molecule has 1 N–H and O–H groups in total. The molecule has 15 heteroatoms. The minimum absolute atomic E-state index is 0.0802. The molecule has 0 amide bonds. The maximum Gasteiger partial charge on any atom is 0.416 e. The number of ether oxygens (including phenoxy) is 2. The summed E-state index contributed by atoms with van der Waals surface area (Å²) < 4.78 is 119. The fourth-order valence-electron chi connectivity index (χ4n) is 5.37. The summed E-state index contributed by atoms with van der Waals surface area (Å²) in [5, 5.41) is 8.99. The van der Waals surface area contributed by atoms with Crippen LogP contribution in [0.25, 0.3) is 11.1 Å². The molecular formula is C28H24F6N2O6S. The van der Waals surface area contributed by atoms with Crippen molar-refractivity contribution in [3.63, 3.8) is 0 Å². The number of rotatable bonds is 8. The monoisotopic (exact) mass is 630 g/mol. The number of fused-ring (bicyclic) bond motifs is 3. The van der Waals surface area contributed by atoms with Gasteiger partial charge in [-0.15, -0.1) is 0 Å². The Morgan fingerprint density at radius 2 is 1.79 bits per heavy atom. The standard InChI is InChI=1S/C28H24F6N2O6S/c29-19-8-17(9-22(12-19)42-27(30)31)16-4-5-24-25(10-16)36(14-20-13-21(6-7-35(20)24)41-15-26(37)38)43(39,40)23-3-1-2-18(11-23)28(32,33)34/h1-5,8-12,20-21,27H,6-7,13-15H2,(H,37,38)/t20-,21?/m0/s1. The molecule has 5 rings (SSSR count). The molecule has 3 aromatic rings. The average molecular weight is 631 g/mol. The highest BCUT2D eigenvalue weighted by atomic mass is 32.2. The first kappa shape index (κ1) is 30.5. The Hall–Kier alpha value is -3.98. The zero-order chi connectivity index (χ0) is 31.1. The van der Waals surface area contributed by atoms with E-state index >= 15 is 0 Å². The Morgan fingerprint density at radius 1 is 1.02 bits per heavy atom. The van der Waals surface area contributed by atoms with Gasteiger partial charge in [-0.05, 0) is 66.4 Å². The zero-order valence-corrected chi connectivity index (χ0v) is 22.9. The third-order valence-electron chi connectivity index (χ3n) is 7.22. The Morgan fingerprint density at radius 3 is 2.49 bits per heavy atom. The van der Waals surface area contributed by atoms with Gasteiger partial charge in [0.25, 0.3) is 10.0 Å². The van der Waals surface area contributed by atoms with E-state index in [4.69, 9.17) is 9.84 Å². The minimum Gasteiger partial charge on any atom is -0.480 e. The summed E-state index contributed by atoms with van der Waals surface area (Å²) in [6.45, 7) is -3.63. The van der Waals surface area contributed by atoms with Crippen LogP contribution in [0.2, 0.25) is 0 Å². The number of nitrogens with zero attached hydrogens (tertiary/aromatic N) is 2. The fourth-order valence-corrected chi connectivity index (χ4v) is 6.92. The minimum atomic E-state index is -4.80. The van der Waals surface area contributed by atoms with Gasteiger partial charge in [0, 0.05) is 12.6 Å². The number of carboxylic acids is 1. The predicted octanol–water partition coefficient (Wildman–Crippen LogP) is 5.76. The van der Waals surface area contributed by atoms with Crippen LogP contribution in [0.3, 0.4) is 0 Å². The van der Waals surface area contributed by atoms with Gasteiger partial charge in [-0.25, -0.2) is 17.6 Å². The largest absolute Gasteiger partial charge is 0.480 e. The molecule has 3 aromatic carbocycles. The Bertz CT molecular complexity index is 1630. The Labute approximate surface area is 242 Å². The van der Waals surface area contributed by atoms with Crippen LogP contribution in [-0.2, 0) is 25.7 Å². The third-order valence-corrected chi connectivity index (χ3v) is 9.00. The molecule has 230 valence electrons. The molecule has 0 aromatic heterocycles. The van der Waals surface area contributed by atoms with Crippen molar-refractivity contribution < 1.29 is 54.1 Å². The molecule has 1 saturated heterocycles. The van der Waals surface area contributed by atoms with E-state index in [-0.39, 0.29) is 29.8 Å². The van der Waals surface area contributed by atoms with E-state index in [1.54, 1.807) is 6.07 Å². The molecule has 2 aliphatic rings. The van der Waals surface area contributed by atoms with Crippen molar-refractivity contribution in [3.05, 3.63) is 72.0 Å². The molecule has 2 aliphatic heterocycles. The van der Waals surface area contributed by atoms with Crippen LogP contribution in [0.1, 0.15) is 18.4 Å². The summed E-state index contributed by atoms with van der Waals surface area (Å²) in [6.07, 6.45) is -4.65. The summed E-state index contributed by atoms with van der Waals surface area (Å²) in [5.74, 6) is -2.51. The number of alkyl halides is 5. The Kier molecular flexibility index (Phi) is 8.22. The predicted molar refractivity (Wildman–Crippen MR) is 142 cm³/mol. The highest BCUT2D eigenvalue weighted by Crippen LogP contribution is 2.44. The van der Waals surface area contributed by atoms with E-state index in [0.717, 1.165) is 40.7 Å². The molecule has 0 saturated carbocycles. The van der Waals surface area contributed by atoms with E-state index in [1.165, 1.54) is 12.1 Å². The van der Waals surface area contributed by atoms with Crippen LogP contribution < -0.4 is 13.9 Å². The number of hydrogen-bond acceptors (Lipinski definition) is 6.